The summed E-state index contributed by atoms with van der Waals surface area (Å²) in [5.74, 6) is -1.30. The monoisotopic (exact) mass is 453 g/mol. The third-order valence-corrected chi connectivity index (χ3v) is 5.27. The van der Waals surface area contributed by atoms with Crippen molar-refractivity contribution in [1.29, 1.82) is 0 Å². The van der Waals surface area contributed by atoms with Crippen molar-refractivity contribution in [1.82, 2.24) is 10.2 Å². The second-order valence-electron chi connectivity index (χ2n) is 7.89. The van der Waals surface area contributed by atoms with Crippen LogP contribution >= 0.6 is 0 Å². The summed E-state index contributed by atoms with van der Waals surface area (Å²) >= 11 is 0. The molecule has 0 aromatic heterocycles. The molecule has 0 aliphatic heterocycles. The van der Waals surface area contributed by atoms with Crippen molar-refractivity contribution in [3.8, 4) is 0 Å². The number of carbonyl (C=O) groups is 2. The zero-order chi connectivity index (χ0) is 24.1. The highest BCUT2D eigenvalue weighted by atomic mass is 16.6. The van der Waals surface area contributed by atoms with E-state index in [1.165, 1.54) is 12.1 Å². The van der Waals surface area contributed by atoms with Crippen LogP contribution in [0, 0.1) is 10.1 Å². The lowest BCUT2D eigenvalue weighted by Gasteiger charge is -2.21. The molecule has 1 unspecified atom stereocenters. The molecule has 2 N–H and O–H groups in total. The Labute approximate surface area is 194 Å². The van der Waals surface area contributed by atoms with Crippen molar-refractivity contribution in [2.75, 3.05) is 13.1 Å². The first kappa shape index (κ1) is 25.7. The molecule has 0 aliphatic carbocycles. The second kappa shape index (κ2) is 13.8. The fourth-order valence-corrected chi connectivity index (χ4v) is 3.51. The van der Waals surface area contributed by atoms with Crippen LogP contribution < -0.4 is 5.32 Å². The Morgan fingerprint density at radius 3 is 2.39 bits per heavy atom. The first-order valence-corrected chi connectivity index (χ1v) is 11.0. The summed E-state index contributed by atoms with van der Waals surface area (Å²) in [5.41, 5.74) is 2.05. The van der Waals surface area contributed by atoms with Gasteiger partial charge in [0.2, 0.25) is 5.91 Å². The van der Waals surface area contributed by atoms with Crippen LogP contribution in [0.4, 0.5) is 5.69 Å². The molecule has 8 heteroatoms. The number of nitro benzene ring substituents is 1. The predicted octanol–water partition coefficient (Wildman–Crippen LogP) is 3.96. The lowest BCUT2D eigenvalue weighted by molar-refractivity contribution is -0.384. The number of non-ortho nitro benzene ring substituents is 1. The van der Waals surface area contributed by atoms with Gasteiger partial charge in [-0.3, -0.25) is 19.8 Å². The maximum absolute atomic E-state index is 12.2. The van der Waals surface area contributed by atoms with Crippen LogP contribution in [-0.2, 0) is 22.6 Å². The number of benzene rings is 2. The van der Waals surface area contributed by atoms with E-state index in [1.807, 2.05) is 30.3 Å². The van der Waals surface area contributed by atoms with E-state index in [0.717, 1.165) is 24.1 Å². The first-order chi connectivity index (χ1) is 15.9. The number of carboxylic acid groups (broad SMARTS) is 1. The number of nitrogens with one attached hydrogen (secondary N) is 1. The van der Waals surface area contributed by atoms with Gasteiger partial charge in [-0.25, -0.2) is 4.79 Å². The van der Waals surface area contributed by atoms with Gasteiger partial charge in [0.05, 0.1) is 4.92 Å². The molecule has 0 bridgehead atoms. The summed E-state index contributed by atoms with van der Waals surface area (Å²) in [7, 11) is 0. The number of amides is 1. The van der Waals surface area contributed by atoms with Crippen molar-refractivity contribution in [3.05, 3.63) is 88.5 Å². The van der Waals surface area contributed by atoms with Gasteiger partial charge in [-0.05, 0) is 43.4 Å². The molecule has 0 saturated heterocycles. The van der Waals surface area contributed by atoms with E-state index >= 15 is 0 Å². The Morgan fingerprint density at radius 1 is 1.09 bits per heavy atom. The summed E-state index contributed by atoms with van der Waals surface area (Å²) < 4.78 is 0. The maximum Gasteiger partial charge on any atom is 0.326 e. The minimum atomic E-state index is -1.03. The molecule has 2 aromatic carbocycles. The quantitative estimate of drug-likeness (QED) is 0.183. The summed E-state index contributed by atoms with van der Waals surface area (Å²) in [4.78, 5) is 36.3. The minimum Gasteiger partial charge on any atom is -0.480 e. The zero-order valence-corrected chi connectivity index (χ0v) is 18.7. The molecule has 0 heterocycles. The number of aryl methyl sites for hydroxylation is 1. The number of nitrogens with zero attached hydrogens (tertiary/aromatic N) is 2. The Hall–Kier alpha value is -3.52. The molecule has 2 rings (SSSR count). The van der Waals surface area contributed by atoms with Crippen LogP contribution in [0.2, 0.25) is 0 Å². The molecule has 0 fully saturated rings. The SMILES string of the molecule is C=CCN(CCCCC(NC(=O)CCc1ccccc1)C(=O)O)Cc1ccc([N+](=O)[O-])cc1. The van der Waals surface area contributed by atoms with Gasteiger partial charge >= 0.3 is 5.97 Å². The van der Waals surface area contributed by atoms with Crippen molar-refractivity contribution >= 4 is 17.6 Å². The molecular weight excluding hydrogens is 422 g/mol. The summed E-state index contributed by atoms with van der Waals surface area (Å²) in [5, 5.41) is 22.9. The fraction of sp³-hybridized carbons (Fsp3) is 0.360. The number of nitro groups is 1. The first-order valence-electron chi connectivity index (χ1n) is 11.0. The molecule has 1 atom stereocenters. The molecule has 2 aromatic rings. The lowest BCUT2D eigenvalue weighted by Crippen LogP contribution is -2.41. The average Bonchev–Trinajstić information content (AvgIpc) is 2.80. The predicted molar refractivity (Wildman–Crippen MR) is 127 cm³/mol. The van der Waals surface area contributed by atoms with Gasteiger partial charge in [0.1, 0.15) is 6.04 Å². The summed E-state index contributed by atoms with van der Waals surface area (Å²) in [6.45, 7) is 5.76. The van der Waals surface area contributed by atoms with E-state index in [2.05, 4.69) is 16.8 Å². The number of hydrogen-bond acceptors (Lipinski definition) is 5. The molecule has 0 spiro atoms. The third kappa shape index (κ3) is 9.65. The van der Waals surface area contributed by atoms with Gasteiger partial charge < -0.3 is 10.4 Å². The van der Waals surface area contributed by atoms with Crippen molar-refractivity contribution in [2.24, 2.45) is 0 Å². The highest BCUT2D eigenvalue weighted by Gasteiger charge is 2.19. The van der Waals surface area contributed by atoms with E-state index in [9.17, 15) is 24.8 Å². The highest BCUT2D eigenvalue weighted by Crippen LogP contribution is 2.14. The van der Waals surface area contributed by atoms with Crippen LogP contribution in [-0.4, -0.2) is 45.9 Å². The number of carbonyl (C=O) groups excluding carboxylic acids is 1. The van der Waals surface area contributed by atoms with E-state index in [1.54, 1.807) is 18.2 Å². The van der Waals surface area contributed by atoms with Gasteiger partial charge in [-0.2, -0.15) is 0 Å². The molecule has 0 saturated carbocycles. The lowest BCUT2D eigenvalue weighted by atomic mass is 10.1. The van der Waals surface area contributed by atoms with Gasteiger partial charge in [0.25, 0.3) is 5.69 Å². The number of carboxylic acids is 1. The topological polar surface area (TPSA) is 113 Å². The minimum absolute atomic E-state index is 0.0551. The molecule has 33 heavy (non-hydrogen) atoms. The third-order valence-electron chi connectivity index (χ3n) is 5.27. The zero-order valence-electron chi connectivity index (χ0n) is 18.7. The van der Waals surface area contributed by atoms with E-state index in [-0.39, 0.29) is 18.0 Å². The second-order valence-corrected chi connectivity index (χ2v) is 7.89. The Balaban J connectivity index is 1.76. The van der Waals surface area contributed by atoms with Gasteiger partial charge in [-0.15, -0.1) is 6.58 Å². The molecule has 8 nitrogen and oxygen atoms in total. The largest absolute Gasteiger partial charge is 0.480 e. The number of aliphatic carboxylic acids is 1. The molecule has 0 aliphatic rings. The van der Waals surface area contributed by atoms with E-state index in [0.29, 0.717) is 32.4 Å². The molecule has 1 amide bonds. The Kier molecular flexibility index (Phi) is 10.8. The van der Waals surface area contributed by atoms with Crippen molar-refractivity contribution < 1.29 is 19.6 Å². The number of unbranched alkanes of at least 4 members (excludes halogenated alkanes) is 1. The van der Waals surface area contributed by atoms with Crippen LogP contribution in [0.5, 0.6) is 0 Å². The van der Waals surface area contributed by atoms with Crippen LogP contribution in [0.1, 0.15) is 36.8 Å². The highest BCUT2D eigenvalue weighted by molar-refractivity contribution is 5.83. The maximum atomic E-state index is 12.2. The van der Waals surface area contributed by atoms with Gasteiger partial charge in [0.15, 0.2) is 0 Å². The van der Waals surface area contributed by atoms with E-state index in [4.69, 9.17) is 0 Å². The van der Waals surface area contributed by atoms with Crippen molar-refractivity contribution in [3.63, 3.8) is 0 Å². The van der Waals surface area contributed by atoms with Gasteiger partial charge in [0, 0.05) is 31.6 Å². The smallest absolute Gasteiger partial charge is 0.326 e. The van der Waals surface area contributed by atoms with Crippen LogP contribution in [0.25, 0.3) is 0 Å². The van der Waals surface area contributed by atoms with Crippen molar-refractivity contribution in [2.45, 2.75) is 44.7 Å². The van der Waals surface area contributed by atoms with Crippen LogP contribution in [0.3, 0.4) is 0 Å². The fourth-order valence-electron chi connectivity index (χ4n) is 3.51. The van der Waals surface area contributed by atoms with Gasteiger partial charge in [-0.1, -0.05) is 48.5 Å². The Morgan fingerprint density at radius 2 is 1.79 bits per heavy atom. The normalized spacial score (nSPS) is 11.7. The standard InChI is InChI=1S/C25H31N3O5/c1-2-17-27(19-21-11-14-22(15-12-21)28(32)33)18-7-6-10-23(25(30)31)26-24(29)16-13-20-8-4-3-5-9-20/h2-5,8-9,11-12,14-15,23H,1,6-7,10,13,16-19H2,(H,26,29)(H,30,31). The molecular formula is C25H31N3O5. The number of rotatable bonds is 15. The summed E-state index contributed by atoms with van der Waals surface area (Å²) in [6, 6.07) is 15.1. The Bertz CT molecular complexity index is 915. The van der Waals surface area contributed by atoms with Crippen LogP contribution in [0.15, 0.2) is 67.3 Å². The molecule has 0 radical (unpaired) electrons. The summed E-state index contributed by atoms with van der Waals surface area (Å²) in [6.07, 6.45) is 4.35. The van der Waals surface area contributed by atoms with E-state index < -0.39 is 16.9 Å². The average molecular weight is 454 g/mol. The number of hydrogen-bond donors (Lipinski definition) is 2. The molecule has 176 valence electrons.